The molecule has 2 aliphatic heterocycles. The van der Waals surface area contributed by atoms with E-state index in [0.29, 0.717) is 49.7 Å². The van der Waals surface area contributed by atoms with Gasteiger partial charge in [-0.1, -0.05) is 6.07 Å². The first-order chi connectivity index (χ1) is 10.6. The first-order valence-electron chi connectivity index (χ1n) is 7.52. The van der Waals surface area contributed by atoms with E-state index in [1.165, 1.54) is 0 Å². The Morgan fingerprint density at radius 2 is 2.05 bits per heavy atom. The Morgan fingerprint density at radius 3 is 2.82 bits per heavy atom. The summed E-state index contributed by atoms with van der Waals surface area (Å²) in [6.07, 6.45) is 1.30. The molecule has 6 heteroatoms. The summed E-state index contributed by atoms with van der Waals surface area (Å²) >= 11 is 0. The van der Waals surface area contributed by atoms with E-state index >= 15 is 0 Å². The molecule has 3 rings (SSSR count). The highest BCUT2D eigenvalue weighted by molar-refractivity contribution is 5.98. The first-order valence-corrected chi connectivity index (χ1v) is 7.52. The second-order valence-corrected chi connectivity index (χ2v) is 5.66. The Hall–Kier alpha value is -2.24. The molecule has 2 atom stereocenters. The van der Waals surface area contributed by atoms with Crippen LogP contribution in [0.4, 0.5) is 0 Å². The van der Waals surface area contributed by atoms with Crippen molar-refractivity contribution in [3.8, 4) is 11.5 Å². The Bertz CT molecular complexity index is 600. The third-order valence-electron chi connectivity index (χ3n) is 4.36. The molecule has 0 bridgehead atoms. The lowest BCUT2D eigenvalue weighted by atomic mass is 9.89. The van der Waals surface area contributed by atoms with E-state index in [-0.39, 0.29) is 11.9 Å². The fraction of sp³-hybridized carbons (Fsp3) is 0.500. The normalized spacial score (nSPS) is 24.0. The predicted molar refractivity (Wildman–Crippen MR) is 78.3 cm³/mol. The van der Waals surface area contributed by atoms with Crippen molar-refractivity contribution in [2.45, 2.75) is 25.8 Å². The van der Waals surface area contributed by atoms with Crippen LogP contribution in [-0.4, -0.2) is 47.7 Å². The third-order valence-corrected chi connectivity index (χ3v) is 4.36. The molecule has 2 heterocycles. The highest BCUT2D eigenvalue weighted by Gasteiger charge is 2.36. The lowest BCUT2D eigenvalue weighted by molar-refractivity contribution is -0.144. The molecular formula is C16H19NO5. The monoisotopic (exact) mass is 305 g/mol. The SMILES string of the molecule is C[C@@H]1[C@H](C(=O)O)CCCN1C(=O)c1cccc2c1OCCO2. The molecule has 1 N–H and O–H groups in total. The molecule has 22 heavy (non-hydrogen) atoms. The number of ether oxygens (including phenoxy) is 2. The van der Waals surface area contributed by atoms with Crippen LogP contribution in [0.2, 0.25) is 0 Å². The van der Waals surface area contributed by atoms with E-state index in [2.05, 4.69) is 0 Å². The van der Waals surface area contributed by atoms with Crippen molar-refractivity contribution in [2.24, 2.45) is 5.92 Å². The van der Waals surface area contributed by atoms with Crippen LogP contribution in [0.5, 0.6) is 11.5 Å². The molecule has 1 saturated heterocycles. The first kappa shape index (κ1) is 14.7. The number of piperidine rings is 1. The summed E-state index contributed by atoms with van der Waals surface area (Å²) in [6, 6.07) is 4.89. The van der Waals surface area contributed by atoms with Crippen molar-refractivity contribution in [1.82, 2.24) is 4.90 Å². The molecule has 1 aromatic rings. The predicted octanol–water partition coefficient (Wildman–Crippen LogP) is 1.78. The molecule has 0 aromatic heterocycles. The van der Waals surface area contributed by atoms with Crippen LogP contribution in [0.1, 0.15) is 30.1 Å². The number of hydrogen-bond donors (Lipinski definition) is 1. The zero-order chi connectivity index (χ0) is 15.7. The van der Waals surface area contributed by atoms with Crippen LogP contribution < -0.4 is 9.47 Å². The van der Waals surface area contributed by atoms with Crippen LogP contribution in [0.15, 0.2) is 18.2 Å². The van der Waals surface area contributed by atoms with E-state index in [1.54, 1.807) is 30.0 Å². The summed E-state index contributed by atoms with van der Waals surface area (Å²) in [5.41, 5.74) is 0.440. The zero-order valence-electron chi connectivity index (χ0n) is 12.4. The van der Waals surface area contributed by atoms with Crippen LogP contribution in [0.25, 0.3) is 0 Å². The lowest BCUT2D eigenvalue weighted by Crippen LogP contribution is -2.49. The third kappa shape index (κ3) is 2.49. The van der Waals surface area contributed by atoms with E-state index in [4.69, 9.17) is 9.47 Å². The van der Waals surface area contributed by atoms with Crippen molar-refractivity contribution in [1.29, 1.82) is 0 Å². The van der Waals surface area contributed by atoms with E-state index in [1.807, 2.05) is 0 Å². The van der Waals surface area contributed by atoms with Gasteiger partial charge in [0.25, 0.3) is 5.91 Å². The second kappa shape index (κ2) is 5.87. The molecule has 0 aliphatic carbocycles. The number of carboxylic acid groups (broad SMARTS) is 1. The number of nitrogens with zero attached hydrogens (tertiary/aromatic N) is 1. The molecule has 1 aromatic carbocycles. The summed E-state index contributed by atoms with van der Waals surface area (Å²) in [6.45, 7) is 3.23. The molecule has 0 radical (unpaired) electrons. The molecule has 0 saturated carbocycles. The summed E-state index contributed by atoms with van der Waals surface area (Å²) in [5, 5.41) is 9.29. The van der Waals surface area contributed by atoms with Gasteiger partial charge in [0.15, 0.2) is 11.5 Å². The van der Waals surface area contributed by atoms with E-state index in [9.17, 15) is 14.7 Å². The van der Waals surface area contributed by atoms with Gasteiger partial charge in [0.2, 0.25) is 0 Å². The van der Waals surface area contributed by atoms with Crippen LogP contribution in [-0.2, 0) is 4.79 Å². The molecule has 6 nitrogen and oxygen atoms in total. The minimum atomic E-state index is -0.848. The Labute approximate surface area is 128 Å². The number of aliphatic carboxylic acids is 1. The number of carbonyl (C=O) groups is 2. The minimum Gasteiger partial charge on any atom is -0.486 e. The van der Waals surface area contributed by atoms with Gasteiger partial charge in [-0.25, -0.2) is 0 Å². The number of carboxylic acids is 1. The molecule has 0 spiro atoms. The Morgan fingerprint density at radius 1 is 1.27 bits per heavy atom. The van der Waals surface area contributed by atoms with Crippen molar-refractivity contribution < 1.29 is 24.2 Å². The topological polar surface area (TPSA) is 76.1 Å². The maximum absolute atomic E-state index is 12.8. The number of hydrogen-bond acceptors (Lipinski definition) is 4. The molecule has 0 unspecified atom stereocenters. The van der Waals surface area contributed by atoms with Gasteiger partial charge in [-0.3, -0.25) is 9.59 Å². The highest BCUT2D eigenvalue weighted by Crippen LogP contribution is 2.35. The average Bonchev–Trinajstić information content (AvgIpc) is 2.53. The van der Waals surface area contributed by atoms with Crippen molar-refractivity contribution in [2.75, 3.05) is 19.8 Å². The summed E-state index contributed by atoms with van der Waals surface area (Å²) in [5.74, 6) is -0.533. The lowest BCUT2D eigenvalue weighted by Gasteiger charge is -2.38. The van der Waals surface area contributed by atoms with Gasteiger partial charge in [0.05, 0.1) is 11.5 Å². The number of fused-ring (bicyclic) bond motifs is 1. The summed E-state index contributed by atoms with van der Waals surface area (Å²) < 4.78 is 11.1. The van der Waals surface area contributed by atoms with Crippen molar-refractivity contribution in [3.63, 3.8) is 0 Å². The quantitative estimate of drug-likeness (QED) is 0.901. The summed E-state index contributed by atoms with van der Waals surface area (Å²) in [4.78, 5) is 25.8. The summed E-state index contributed by atoms with van der Waals surface area (Å²) in [7, 11) is 0. The zero-order valence-corrected chi connectivity index (χ0v) is 12.4. The molecule has 2 aliphatic rings. The number of para-hydroxylation sites is 1. The van der Waals surface area contributed by atoms with Gasteiger partial charge in [-0.2, -0.15) is 0 Å². The van der Waals surface area contributed by atoms with Gasteiger partial charge < -0.3 is 19.5 Å². The van der Waals surface area contributed by atoms with Gasteiger partial charge in [0, 0.05) is 12.6 Å². The number of benzene rings is 1. The standard InChI is InChI=1S/C16H19NO5/c1-10-11(16(19)20)5-3-7-17(10)15(18)12-4-2-6-13-14(12)22-9-8-21-13/h2,4,6,10-11H,3,5,7-9H2,1H3,(H,19,20)/t10-,11-/m1/s1. The number of amides is 1. The van der Waals surface area contributed by atoms with Gasteiger partial charge in [-0.15, -0.1) is 0 Å². The van der Waals surface area contributed by atoms with E-state index < -0.39 is 11.9 Å². The minimum absolute atomic E-state index is 0.194. The largest absolute Gasteiger partial charge is 0.486 e. The van der Waals surface area contributed by atoms with Crippen molar-refractivity contribution >= 4 is 11.9 Å². The van der Waals surface area contributed by atoms with Crippen molar-refractivity contribution in [3.05, 3.63) is 23.8 Å². The van der Waals surface area contributed by atoms with Gasteiger partial charge in [0.1, 0.15) is 13.2 Å². The fourth-order valence-electron chi connectivity index (χ4n) is 3.16. The Balaban J connectivity index is 1.89. The fourth-order valence-corrected chi connectivity index (χ4v) is 3.16. The van der Waals surface area contributed by atoms with Crippen LogP contribution >= 0.6 is 0 Å². The maximum atomic E-state index is 12.8. The van der Waals surface area contributed by atoms with E-state index in [0.717, 1.165) is 0 Å². The number of carbonyl (C=O) groups excluding carboxylic acids is 1. The highest BCUT2D eigenvalue weighted by atomic mass is 16.6. The van der Waals surface area contributed by atoms with Gasteiger partial charge >= 0.3 is 5.97 Å². The molecule has 1 fully saturated rings. The van der Waals surface area contributed by atoms with Crippen LogP contribution in [0, 0.1) is 5.92 Å². The number of rotatable bonds is 2. The van der Waals surface area contributed by atoms with Crippen LogP contribution in [0.3, 0.4) is 0 Å². The smallest absolute Gasteiger partial charge is 0.308 e. The molecule has 1 amide bonds. The second-order valence-electron chi connectivity index (χ2n) is 5.66. The molecular weight excluding hydrogens is 286 g/mol. The Kier molecular flexibility index (Phi) is 3.92. The van der Waals surface area contributed by atoms with Gasteiger partial charge in [-0.05, 0) is 31.9 Å². The molecule has 118 valence electrons. The average molecular weight is 305 g/mol. The number of likely N-dealkylation sites (tertiary alicyclic amines) is 1. The maximum Gasteiger partial charge on any atom is 0.308 e.